The van der Waals surface area contributed by atoms with E-state index in [9.17, 15) is 31.1 Å². The van der Waals surface area contributed by atoms with Crippen LogP contribution in [0, 0.1) is 5.41 Å². The summed E-state index contributed by atoms with van der Waals surface area (Å²) in [5, 5.41) is 6.19. The number of halogens is 6. The van der Waals surface area contributed by atoms with E-state index in [2.05, 4.69) is 10.1 Å². The van der Waals surface area contributed by atoms with E-state index in [0.717, 1.165) is 25.7 Å². The van der Waals surface area contributed by atoms with Crippen molar-refractivity contribution in [2.24, 2.45) is 11.1 Å². The Morgan fingerprint density at radius 2 is 1.91 bits per heavy atom. The number of imidazole rings is 1. The van der Waals surface area contributed by atoms with Gasteiger partial charge in [0.15, 0.2) is 11.2 Å². The molecule has 1 aliphatic heterocycles. The molecule has 0 bridgehead atoms. The molecule has 2 unspecified atom stereocenters. The second-order valence-corrected chi connectivity index (χ2v) is 9.64. The Labute approximate surface area is 197 Å². The van der Waals surface area contributed by atoms with Gasteiger partial charge in [-0.25, -0.2) is 14.3 Å². The van der Waals surface area contributed by atoms with Crippen LogP contribution in [0.15, 0.2) is 18.5 Å². The molecule has 0 spiro atoms. The minimum Gasteiger partial charge on any atom is -0.382 e. The van der Waals surface area contributed by atoms with Crippen molar-refractivity contribution < 1.29 is 35.9 Å². The van der Waals surface area contributed by atoms with E-state index in [0.29, 0.717) is 11.3 Å². The first kappa shape index (κ1) is 27.0. The summed E-state index contributed by atoms with van der Waals surface area (Å²) in [6.07, 6.45) is -6.35. The van der Waals surface area contributed by atoms with E-state index in [1.165, 1.54) is 30.1 Å². The zero-order valence-corrected chi connectivity index (χ0v) is 19.7. The zero-order chi connectivity index (χ0) is 26.4. The lowest BCUT2D eigenvalue weighted by molar-refractivity contribution is -0.214. The average molecular weight is 510 g/mol. The molecule has 0 radical (unpaired) electrons. The standard InChI is InChI=1S/C21H28F6N6O2/c1-18(2,20(22,23)24)6-5-13(28)14-9-33-16(30-14)7-12(8-29-33)15(10-35-4)32-11-19(3,21(25,26)27)31-17(32)34/h7-9,13,15H,5-6,10-11,28H2,1-4H3,(H,31,34)/t13?,15?,19-/m0/s1. The summed E-state index contributed by atoms with van der Waals surface area (Å²) in [4.78, 5) is 17.8. The van der Waals surface area contributed by atoms with Gasteiger partial charge in [-0.15, -0.1) is 0 Å². The molecule has 1 fully saturated rings. The maximum atomic E-state index is 13.5. The van der Waals surface area contributed by atoms with E-state index in [4.69, 9.17) is 10.5 Å². The normalized spacial score (nSPS) is 21.5. The van der Waals surface area contributed by atoms with Gasteiger partial charge in [0.1, 0.15) is 0 Å². The largest absolute Gasteiger partial charge is 0.413 e. The van der Waals surface area contributed by atoms with Crippen LogP contribution in [0.2, 0.25) is 0 Å². The number of nitrogens with zero attached hydrogens (tertiary/aromatic N) is 4. The Morgan fingerprint density at radius 3 is 2.46 bits per heavy atom. The molecule has 35 heavy (non-hydrogen) atoms. The van der Waals surface area contributed by atoms with Crippen LogP contribution in [-0.4, -0.2) is 63.7 Å². The number of nitrogens with one attached hydrogen (secondary N) is 1. The summed E-state index contributed by atoms with van der Waals surface area (Å²) >= 11 is 0. The van der Waals surface area contributed by atoms with Gasteiger partial charge in [-0.3, -0.25) is 0 Å². The van der Waals surface area contributed by atoms with Crippen molar-refractivity contribution in [3.05, 3.63) is 29.7 Å². The highest BCUT2D eigenvalue weighted by Crippen LogP contribution is 2.42. The number of carbonyl (C=O) groups is 1. The Kier molecular flexibility index (Phi) is 7.03. The minimum absolute atomic E-state index is 0.0273. The molecule has 8 nitrogen and oxygen atoms in total. The molecule has 2 aromatic heterocycles. The van der Waals surface area contributed by atoms with Gasteiger partial charge in [0.05, 0.1) is 42.7 Å². The van der Waals surface area contributed by atoms with E-state index < -0.39 is 48.0 Å². The molecule has 1 aliphatic rings. The molecule has 0 saturated carbocycles. The molecule has 1 saturated heterocycles. The number of nitrogens with two attached hydrogens (primary N) is 1. The number of alkyl halides is 6. The number of urea groups is 1. The number of rotatable bonds is 8. The van der Waals surface area contributed by atoms with Crippen LogP contribution in [0.25, 0.3) is 5.65 Å². The number of ether oxygens (including phenoxy) is 1. The van der Waals surface area contributed by atoms with Crippen LogP contribution >= 0.6 is 0 Å². The van der Waals surface area contributed by atoms with Crippen LogP contribution in [0.3, 0.4) is 0 Å². The number of fused-ring (bicyclic) bond motifs is 1. The highest BCUT2D eigenvalue weighted by Gasteiger charge is 2.58. The Bertz CT molecular complexity index is 1070. The Balaban J connectivity index is 1.84. The predicted octanol–water partition coefficient (Wildman–Crippen LogP) is 4.13. The first-order valence-electron chi connectivity index (χ1n) is 10.8. The maximum absolute atomic E-state index is 13.5. The van der Waals surface area contributed by atoms with Crippen LogP contribution < -0.4 is 11.1 Å². The fourth-order valence-electron chi connectivity index (χ4n) is 3.77. The third kappa shape index (κ3) is 5.32. The molecule has 2 amide bonds. The van der Waals surface area contributed by atoms with Crippen molar-refractivity contribution >= 4 is 11.7 Å². The first-order chi connectivity index (χ1) is 16.0. The summed E-state index contributed by atoms with van der Waals surface area (Å²) in [5.41, 5.74) is 2.72. The summed E-state index contributed by atoms with van der Waals surface area (Å²) in [6, 6.07) is -1.04. The van der Waals surface area contributed by atoms with Crippen LogP contribution in [0.5, 0.6) is 0 Å². The quantitative estimate of drug-likeness (QED) is 0.521. The van der Waals surface area contributed by atoms with Crippen molar-refractivity contribution in [1.29, 1.82) is 0 Å². The molecule has 3 heterocycles. The molecule has 196 valence electrons. The van der Waals surface area contributed by atoms with Gasteiger partial charge in [0.25, 0.3) is 0 Å². The van der Waals surface area contributed by atoms with E-state index >= 15 is 0 Å². The fourth-order valence-corrected chi connectivity index (χ4v) is 3.77. The predicted molar refractivity (Wildman–Crippen MR) is 113 cm³/mol. The van der Waals surface area contributed by atoms with Crippen LogP contribution in [0.4, 0.5) is 31.1 Å². The first-order valence-corrected chi connectivity index (χ1v) is 10.8. The molecule has 0 aliphatic carbocycles. The Morgan fingerprint density at radius 1 is 1.26 bits per heavy atom. The lowest BCUT2D eigenvalue weighted by Crippen LogP contribution is -2.53. The van der Waals surface area contributed by atoms with Gasteiger partial charge < -0.3 is 20.7 Å². The summed E-state index contributed by atoms with van der Waals surface area (Å²) in [5.74, 6) is 0. The summed E-state index contributed by atoms with van der Waals surface area (Å²) in [7, 11) is 1.35. The van der Waals surface area contributed by atoms with E-state index in [1.54, 1.807) is 0 Å². The molecule has 3 N–H and O–H groups in total. The number of amides is 2. The van der Waals surface area contributed by atoms with E-state index in [1.807, 2.05) is 5.32 Å². The Hall–Kier alpha value is -2.61. The van der Waals surface area contributed by atoms with Gasteiger partial charge in [-0.2, -0.15) is 31.4 Å². The highest BCUT2D eigenvalue weighted by molar-refractivity contribution is 5.78. The molecule has 3 rings (SSSR count). The highest BCUT2D eigenvalue weighted by atomic mass is 19.4. The maximum Gasteiger partial charge on any atom is 0.413 e. The molecular weight excluding hydrogens is 482 g/mol. The van der Waals surface area contributed by atoms with Crippen molar-refractivity contribution in [3.8, 4) is 0 Å². The minimum atomic E-state index is -4.66. The summed E-state index contributed by atoms with van der Waals surface area (Å²) in [6.45, 7) is 2.38. The second kappa shape index (κ2) is 9.12. The van der Waals surface area contributed by atoms with Crippen LogP contribution in [0.1, 0.15) is 57.0 Å². The third-order valence-electron chi connectivity index (χ3n) is 6.43. The number of aromatic nitrogens is 3. The van der Waals surface area contributed by atoms with Gasteiger partial charge in [0.2, 0.25) is 0 Å². The SMILES string of the molecule is COCC(c1cnn2cc(C(N)CCC(C)(C)C(F)(F)F)nc2c1)N1C[C@@](C)(C(F)(F)F)NC1=O. The molecule has 2 aromatic rings. The van der Waals surface area contributed by atoms with Gasteiger partial charge in [0, 0.05) is 18.7 Å². The topological polar surface area (TPSA) is 97.8 Å². The monoisotopic (exact) mass is 510 g/mol. The smallest absolute Gasteiger partial charge is 0.382 e. The molecule has 3 atom stereocenters. The van der Waals surface area contributed by atoms with Crippen LogP contribution in [-0.2, 0) is 4.74 Å². The number of carbonyl (C=O) groups excluding carboxylic acids is 1. The van der Waals surface area contributed by atoms with Gasteiger partial charge in [-0.1, -0.05) is 13.8 Å². The van der Waals surface area contributed by atoms with Crippen molar-refractivity contribution in [2.45, 2.75) is 63.6 Å². The molecule has 0 aromatic carbocycles. The number of methoxy groups -OCH3 is 1. The lowest BCUT2D eigenvalue weighted by Gasteiger charge is -2.29. The second-order valence-electron chi connectivity index (χ2n) is 9.64. The van der Waals surface area contributed by atoms with Gasteiger partial charge >= 0.3 is 18.4 Å². The fraction of sp³-hybridized carbons (Fsp3) is 0.667. The summed E-state index contributed by atoms with van der Waals surface area (Å²) < 4.78 is 86.3. The van der Waals surface area contributed by atoms with Crippen molar-refractivity contribution in [2.75, 3.05) is 20.3 Å². The zero-order valence-electron chi connectivity index (χ0n) is 19.7. The van der Waals surface area contributed by atoms with Crippen molar-refractivity contribution in [1.82, 2.24) is 24.8 Å². The van der Waals surface area contributed by atoms with Gasteiger partial charge in [-0.05, 0) is 25.8 Å². The molecule has 14 heteroatoms. The van der Waals surface area contributed by atoms with E-state index in [-0.39, 0.29) is 25.1 Å². The third-order valence-corrected chi connectivity index (χ3v) is 6.43. The number of hydrogen-bond acceptors (Lipinski definition) is 5. The number of hydrogen-bond donors (Lipinski definition) is 2. The van der Waals surface area contributed by atoms with Crippen molar-refractivity contribution in [3.63, 3.8) is 0 Å². The molecular formula is C21H28F6N6O2. The average Bonchev–Trinajstić information content (AvgIpc) is 3.29. The lowest BCUT2D eigenvalue weighted by atomic mass is 9.85.